The van der Waals surface area contributed by atoms with Gasteiger partial charge in [-0.25, -0.2) is 8.42 Å². The number of hydrogen-bond donors (Lipinski definition) is 1. The fourth-order valence-electron chi connectivity index (χ4n) is 3.07. The van der Waals surface area contributed by atoms with Gasteiger partial charge in [0, 0.05) is 29.3 Å². The van der Waals surface area contributed by atoms with Gasteiger partial charge in [0.15, 0.2) is 9.84 Å². The Morgan fingerprint density at radius 1 is 1.22 bits per heavy atom. The molecule has 0 unspecified atom stereocenters. The van der Waals surface area contributed by atoms with E-state index in [1.807, 2.05) is 25.1 Å². The van der Waals surface area contributed by atoms with E-state index in [1.165, 1.54) is 19.1 Å². The predicted molar refractivity (Wildman–Crippen MR) is 89.1 cm³/mol. The molecular formula is C17H17N3O2S. The molecule has 23 heavy (non-hydrogen) atoms. The fourth-order valence-corrected chi connectivity index (χ4v) is 4.03. The van der Waals surface area contributed by atoms with Gasteiger partial charge in [-0.15, -0.1) is 0 Å². The highest BCUT2D eigenvalue weighted by atomic mass is 32.2. The van der Waals surface area contributed by atoms with Crippen molar-refractivity contribution in [2.24, 2.45) is 0 Å². The van der Waals surface area contributed by atoms with Gasteiger partial charge >= 0.3 is 0 Å². The molecule has 5 nitrogen and oxygen atoms in total. The summed E-state index contributed by atoms with van der Waals surface area (Å²) in [6.45, 7) is 1.82. The number of fused-ring (bicyclic) bond motifs is 1. The molecule has 1 aliphatic carbocycles. The van der Waals surface area contributed by atoms with E-state index in [2.05, 4.69) is 15.2 Å². The van der Waals surface area contributed by atoms with E-state index in [-0.39, 0.29) is 0 Å². The topological polar surface area (TPSA) is 75.7 Å². The van der Waals surface area contributed by atoms with Gasteiger partial charge in [-0.05, 0) is 43.5 Å². The molecule has 1 aliphatic rings. The standard InChI is InChI=1S/C17H17N3O2S/c1-10-9-12(5-6-14(10)23(2,21)22)16-15-13(7-8-18-16)19-20-17(15)11-3-4-11/h5-9,11H,3-4H2,1-2H3,(H,19,20). The van der Waals surface area contributed by atoms with Crippen LogP contribution in [0.15, 0.2) is 35.4 Å². The molecule has 1 aromatic carbocycles. The molecule has 0 amide bonds. The number of rotatable bonds is 3. The smallest absolute Gasteiger partial charge is 0.175 e. The molecule has 4 rings (SSSR count). The summed E-state index contributed by atoms with van der Waals surface area (Å²) in [6, 6.07) is 7.31. The van der Waals surface area contributed by atoms with E-state index in [0.717, 1.165) is 33.4 Å². The minimum atomic E-state index is -3.21. The number of nitrogens with zero attached hydrogens (tertiary/aromatic N) is 2. The van der Waals surface area contributed by atoms with E-state index in [0.29, 0.717) is 10.8 Å². The number of H-pyrrole nitrogens is 1. The molecule has 0 aliphatic heterocycles. The van der Waals surface area contributed by atoms with Crippen LogP contribution >= 0.6 is 0 Å². The summed E-state index contributed by atoms with van der Waals surface area (Å²) in [4.78, 5) is 4.91. The molecule has 2 aromatic heterocycles. The molecule has 118 valence electrons. The molecule has 2 heterocycles. The van der Waals surface area contributed by atoms with Crippen molar-refractivity contribution in [1.82, 2.24) is 15.2 Å². The van der Waals surface area contributed by atoms with Crippen LogP contribution in [-0.4, -0.2) is 29.9 Å². The quantitative estimate of drug-likeness (QED) is 0.801. The Bertz CT molecular complexity index is 1020. The van der Waals surface area contributed by atoms with Gasteiger partial charge in [-0.3, -0.25) is 10.1 Å². The number of hydrogen-bond acceptors (Lipinski definition) is 4. The summed E-state index contributed by atoms with van der Waals surface area (Å²) in [7, 11) is -3.21. The molecule has 6 heteroatoms. The number of benzene rings is 1. The predicted octanol–water partition coefficient (Wildman–Crippen LogP) is 3.21. The summed E-state index contributed by atoms with van der Waals surface area (Å²) < 4.78 is 23.6. The molecule has 1 saturated carbocycles. The first-order valence-electron chi connectivity index (χ1n) is 7.59. The Balaban J connectivity index is 1.93. The number of sulfone groups is 1. The lowest BCUT2D eigenvalue weighted by atomic mass is 10.0. The third kappa shape index (κ3) is 2.43. The summed E-state index contributed by atoms with van der Waals surface area (Å²) >= 11 is 0. The summed E-state index contributed by atoms with van der Waals surface area (Å²) in [5.74, 6) is 0.517. The van der Waals surface area contributed by atoms with E-state index < -0.39 is 9.84 Å². The van der Waals surface area contributed by atoms with Gasteiger partial charge in [0.1, 0.15) is 0 Å². The van der Waals surface area contributed by atoms with Gasteiger partial charge in [0.2, 0.25) is 0 Å². The van der Waals surface area contributed by atoms with Crippen LogP contribution in [0.2, 0.25) is 0 Å². The molecule has 0 atom stereocenters. The van der Waals surface area contributed by atoms with Crippen LogP contribution in [-0.2, 0) is 9.84 Å². The zero-order valence-corrected chi connectivity index (χ0v) is 13.8. The van der Waals surface area contributed by atoms with Crippen molar-refractivity contribution < 1.29 is 8.42 Å². The second kappa shape index (κ2) is 4.89. The van der Waals surface area contributed by atoms with Gasteiger partial charge in [0.25, 0.3) is 0 Å². The largest absolute Gasteiger partial charge is 0.277 e. The highest BCUT2D eigenvalue weighted by Gasteiger charge is 2.29. The normalized spacial score (nSPS) is 15.2. The third-order valence-electron chi connectivity index (χ3n) is 4.32. The first-order valence-corrected chi connectivity index (χ1v) is 9.48. The maximum Gasteiger partial charge on any atom is 0.175 e. The number of aryl methyl sites for hydroxylation is 1. The maximum atomic E-state index is 11.8. The van der Waals surface area contributed by atoms with Crippen molar-refractivity contribution in [2.75, 3.05) is 6.26 Å². The fraction of sp³-hybridized carbons (Fsp3) is 0.294. The molecule has 0 radical (unpaired) electrons. The van der Waals surface area contributed by atoms with E-state index in [4.69, 9.17) is 0 Å². The van der Waals surface area contributed by atoms with Crippen LogP contribution in [0, 0.1) is 6.92 Å². The molecule has 1 N–H and O–H groups in total. The number of aromatic nitrogens is 3. The lowest BCUT2D eigenvalue weighted by molar-refractivity contribution is 0.601. The maximum absolute atomic E-state index is 11.8. The molecule has 3 aromatic rings. The van der Waals surface area contributed by atoms with E-state index in [9.17, 15) is 8.42 Å². The molecule has 0 spiro atoms. The van der Waals surface area contributed by atoms with E-state index >= 15 is 0 Å². The van der Waals surface area contributed by atoms with Crippen LogP contribution in [0.4, 0.5) is 0 Å². The van der Waals surface area contributed by atoms with Crippen LogP contribution in [0.3, 0.4) is 0 Å². The first-order chi connectivity index (χ1) is 10.9. The number of nitrogens with one attached hydrogen (secondary N) is 1. The lowest BCUT2D eigenvalue weighted by Crippen LogP contribution is -2.00. The third-order valence-corrected chi connectivity index (χ3v) is 5.57. The Morgan fingerprint density at radius 2 is 2.00 bits per heavy atom. The van der Waals surface area contributed by atoms with Gasteiger partial charge in [-0.2, -0.15) is 5.10 Å². The SMILES string of the molecule is Cc1cc(-c2nccc3[nH]nc(C4CC4)c23)ccc1S(C)(=O)=O. The Labute approximate surface area is 134 Å². The Hall–Kier alpha value is -2.21. The summed E-state index contributed by atoms with van der Waals surface area (Å²) in [5, 5.41) is 8.60. The van der Waals surface area contributed by atoms with Crippen molar-refractivity contribution in [3.05, 3.63) is 41.7 Å². The van der Waals surface area contributed by atoms with Gasteiger partial charge in [0.05, 0.1) is 21.8 Å². The van der Waals surface area contributed by atoms with Crippen LogP contribution in [0.5, 0.6) is 0 Å². The highest BCUT2D eigenvalue weighted by molar-refractivity contribution is 7.90. The Morgan fingerprint density at radius 3 is 2.65 bits per heavy atom. The highest BCUT2D eigenvalue weighted by Crippen LogP contribution is 2.44. The van der Waals surface area contributed by atoms with Crippen molar-refractivity contribution in [3.8, 4) is 11.3 Å². The van der Waals surface area contributed by atoms with E-state index in [1.54, 1.807) is 12.3 Å². The van der Waals surface area contributed by atoms with Gasteiger partial charge < -0.3 is 0 Å². The average molecular weight is 327 g/mol. The van der Waals surface area contributed by atoms with Crippen LogP contribution < -0.4 is 0 Å². The average Bonchev–Trinajstić information content (AvgIpc) is 3.24. The first kappa shape index (κ1) is 14.4. The minimum absolute atomic E-state index is 0.364. The second-order valence-electron chi connectivity index (χ2n) is 6.22. The molecule has 1 fully saturated rings. The minimum Gasteiger partial charge on any atom is -0.277 e. The van der Waals surface area contributed by atoms with Crippen molar-refractivity contribution in [2.45, 2.75) is 30.6 Å². The molecule has 0 bridgehead atoms. The summed E-state index contributed by atoms with van der Waals surface area (Å²) in [5.41, 5.74) is 4.57. The molecular weight excluding hydrogens is 310 g/mol. The Kier molecular flexibility index (Phi) is 3.06. The second-order valence-corrected chi connectivity index (χ2v) is 8.20. The zero-order chi connectivity index (χ0) is 16.2. The van der Waals surface area contributed by atoms with Gasteiger partial charge in [-0.1, -0.05) is 6.07 Å². The van der Waals surface area contributed by atoms with Crippen LogP contribution in [0.25, 0.3) is 22.2 Å². The van der Waals surface area contributed by atoms with Crippen LogP contribution in [0.1, 0.15) is 30.0 Å². The lowest BCUT2D eigenvalue weighted by Gasteiger charge is -2.08. The number of pyridine rings is 1. The summed E-state index contributed by atoms with van der Waals surface area (Å²) in [6.07, 6.45) is 5.32. The van der Waals surface area contributed by atoms with Crippen molar-refractivity contribution >= 4 is 20.7 Å². The van der Waals surface area contributed by atoms with Crippen molar-refractivity contribution in [1.29, 1.82) is 0 Å². The number of aromatic amines is 1. The molecule has 0 saturated heterocycles. The monoisotopic (exact) mass is 327 g/mol. The van der Waals surface area contributed by atoms with Crippen molar-refractivity contribution in [3.63, 3.8) is 0 Å². The zero-order valence-electron chi connectivity index (χ0n) is 13.0.